The monoisotopic (exact) mass is 267 g/mol. The second-order valence-corrected chi connectivity index (χ2v) is 4.95. The van der Waals surface area contributed by atoms with Crippen LogP contribution in [0, 0.1) is 13.8 Å². The summed E-state index contributed by atoms with van der Waals surface area (Å²) in [6, 6.07) is 10.5. The van der Waals surface area contributed by atoms with Crippen LogP contribution in [0.3, 0.4) is 0 Å². The molecule has 0 atom stereocenters. The number of benzene rings is 1. The average Bonchev–Trinajstić information content (AvgIpc) is 2.85. The lowest BCUT2D eigenvalue weighted by molar-refractivity contribution is 0.449. The molecule has 1 N–H and O–H groups in total. The molecule has 4 heteroatoms. The van der Waals surface area contributed by atoms with Gasteiger partial charge in [0.25, 0.3) is 0 Å². The molecule has 1 aromatic carbocycles. The van der Waals surface area contributed by atoms with E-state index in [0.29, 0.717) is 6.54 Å². The van der Waals surface area contributed by atoms with Crippen molar-refractivity contribution < 1.29 is 4.42 Å². The number of fused-ring (bicyclic) bond motifs is 1. The highest BCUT2D eigenvalue weighted by atomic mass is 16.4. The number of pyridine rings is 1. The maximum Gasteiger partial charge on any atom is 0.208 e. The van der Waals surface area contributed by atoms with Gasteiger partial charge in [-0.3, -0.25) is 4.98 Å². The molecule has 0 aliphatic heterocycles. The highest BCUT2D eigenvalue weighted by Gasteiger charge is 2.01. The summed E-state index contributed by atoms with van der Waals surface area (Å²) in [5.41, 5.74) is 3.31. The minimum absolute atomic E-state index is 0.637. The Balaban J connectivity index is 1.67. The predicted octanol–water partition coefficient (Wildman–Crippen LogP) is 3.13. The van der Waals surface area contributed by atoms with E-state index in [1.807, 2.05) is 19.9 Å². The number of hydrogen-bond acceptors (Lipinski definition) is 4. The van der Waals surface area contributed by atoms with Crippen LogP contribution in [0.5, 0.6) is 0 Å². The van der Waals surface area contributed by atoms with Gasteiger partial charge in [0.2, 0.25) is 5.89 Å². The highest BCUT2D eigenvalue weighted by Crippen LogP contribution is 2.14. The first kappa shape index (κ1) is 12.8. The van der Waals surface area contributed by atoms with Gasteiger partial charge in [-0.15, -0.1) is 0 Å². The maximum absolute atomic E-state index is 5.42. The Hall–Kier alpha value is -2.20. The molecule has 0 aliphatic rings. The number of nitrogens with zero attached hydrogens (tertiary/aromatic N) is 2. The SMILES string of the molecule is Cc1ccc2cc(CNCc3ncc(C)o3)ccc2n1. The van der Waals surface area contributed by atoms with Gasteiger partial charge < -0.3 is 9.73 Å². The van der Waals surface area contributed by atoms with Crippen LogP contribution in [0.2, 0.25) is 0 Å². The Morgan fingerprint density at radius 3 is 2.80 bits per heavy atom. The molecule has 0 radical (unpaired) electrons. The fourth-order valence-electron chi connectivity index (χ4n) is 2.18. The summed E-state index contributed by atoms with van der Waals surface area (Å²) in [4.78, 5) is 8.67. The van der Waals surface area contributed by atoms with E-state index in [4.69, 9.17) is 4.42 Å². The lowest BCUT2D eigenvalue weighted by Gasteiger charge is -2.05. The lowest BCUT2D eigenvalue weighted by Crippen LogP contribution is -2.12. The Morgan fingerprint density at radius 1 is 1.10 bits per heavy atom. The molecule has 0 bridgehead atoms. The number of aryl methyl sites for hydroxylation is 2. The molecule has 3 aromatic rings. The zero-order valence-corrected chi connectivity index (χ0v) is 11.7. The molecule has 0 saturated carbocycles. The summed E-state index contributed by atoms with van der Waals surface area (Å²) in [6.07, 6.45) is 1.74. The van der Waals surface area contributed by atoms with Crippen LogP contribution < -0.4 is 5.32 Å². The molecule has 20 heavy (non-hydrogen) atoms. The van der Waals surface area contributed by atoms with Gasteiger partial charge in [-0.25, -0.2) is 4.98 Å². The molecule has 3 rings (SSSR count). The lowest BCUT2D eigenvalue weighted by atomic mass is 10.1. The first-order valence-electron chi connectivity index (χ1n) is 6.69. The molecule has 0 fully saturated rings. The van der Waals surface area contributed by atoms with Gasteiger partial charge in [0.05, 0.1) is 18.3 Å². The molecular weight excluding hydrogens is 250 g/mol. The van der Waals surface area contributed by atoms with Gasteiger partial charge in [-0.05, 0) is 37.6 Å². The smallest absolute Gasteiger partial charge is 0.208 e. The third-order valence-corrected chi connectivity index (χ3v) is 3.17. The first-order chi connectivity index (χ1) is 9.70. The average molecular weight is 267 g/mol. The van der Waals surface area contributed by atoms with Crippen molar-refractivity contribution in [3.05, 3.63) is 59.4 Å². The zero-order chi connectivity index (χ0) is 13.9. The quantitative estimate of drug-likeness (QED) is 0.789. The van der Waals surface area contributed by atoms with E-state index >= 15 is 0 Å². The molecule has 0 unspecified atom stereocenters. The minimum Gasteiger partial charge on any atom is -0.445 e. The normalized spacial score (nSPS) is 11.1. The molecule has 2 heterocycles. The third kappa shape index (κ3) is 2.86. The van der Waals surface area contributed by atoms with Gasteiger partial charge >= 0.3 is 0 Å². The van der Waals surface area contributed by atoms with Crippen LogP contribution in [0.25, 0.3) is 10.9 Å². The summed E-state index contributed by atoms with van der Waals surface area (Å²) in [5, 5.41) is 4.50. The van der Waals surface area contributed by atoms with Crippen LogP contribution in [-0.4, -0.2) is 9.97 Å². The fraction of sp³-hybridized carbons (Fsp3) is 0.250. The van der Waals surface area contributed by atoms with Crippen LogP contribution in [0.4, 0.5) is 0 Å². The Morgan fingerprint density at radius 2 is 2.00 bits per heavy atom. The van der Waals surface area contributed by atoms with Crippen LogP contribution in [0.15, 0.2) is 40.9 Å². The Bertz CT molecular complexity index is 733. The number of oxazole rings is 1. The molecule has 4 nitrogen and oxygen atoms in total. The zero-order valence-electron chi connectivity index (χ0n) is 11.7. The van der Waals surface area contributed by atoms with Gasteiger partial charge in [0, 0.05) is 17.6 Å². The Labute approximate surface area is 117 Å². The number of hydrogen-bond donors (Lipinski definition) is 1. The van der Waals surface area contributed by atoms with Crippen molar-refractivity contribution in [2.24, 2.45) is 0 Å². The van der Waals surface area contributed by atoms with Crippen molar-refractivity contribution in [2.75, 3.05) is 0 Å². The van der Waals surface area contributed by atoms with Crippen molar-refractivity contribution in [1.82, 2.24) is 15.3 Å². The van der Waals surface area contributed by atoms with Crippen molar-refractivity contribution in [3.8, 4) is 0 Å². The van der Waals surface area contributed by atoms with Crippen molar-refractivity contribution >= 4 is 10.9 Å². The second kappa shape index (κ2) is 5.43. The largest absolute Gasteiger partial charge is 0.445 e. The van der Waals surface area contributed by atoms with Crippen molar-refractivity contribution in [3.63, 3.8) is 0 Å². The molecule has 0 aliphatic carbocycles. The fourth-order valence-corrected chi connectivity index (χ4v) is 2.18. The molecule has 0 amide bonds. The molecular formula is C16H17N3O. The number of rotatable bonds is 4. The standard InChI is InChI=1S/C16H17N3O/c1-11-3-5-14-7-13(4-6-15(14)19-11)9-17-10-16-18-8-12(2)20-16/h3-8,17H,9-10H2,1-2H3. The maximum atomic E-state index is 5.42. The number of aromatic nitrogens is 2. The van der Waals surface area contributed by atoms with E-state index in [1.165, 1.54) is 10.9 Å². The molecule has 0 spiro atoms. The summed E-state index contributed by atoms with van der Waals surface area (Å²) in [7, 11) is 0. The second-order valence-electron chi connectivity index (χ2n) is 4.95. The van der Waals surface area contributed by atoms with E-state index in [9.17, 15) is 0 Å². The van der Waals surface area contributed by atoms with Crippen LogP contribution in [-0.2, 0) is 13.1 Å². The van der Waals surface area contributed by atoms with Crippen LogP contribution in [0.1, 0.15) is 22.9 Å². The predicted molar refractivity (Wildman–Crippen MR) is 78.3 cm³/mol. The first-order valence-corrected chi connectivity index (χ1v) is 6.69. The van der Waals surface area contributed by atoms with E-state index in [2.05, 4.69) is 39.6 Å². The summed E-state index contributed by atoms with van der Waals surface area (Å²) in [6.45, 7) is 5.32. The summed E-state index contributed by atoms with van der Waals surface area (Å²) in [5.74, 6) is 1.56. The van der Waals surface area contributed by atoms with E-state index < -0.39 is 0 Å². The molecule has 2 aromatic heterocycles. The molecule has 102 valence electrons. The van der Waals surface area contributed by atoms with Crippen LogP contribution >= 0.6 is 0 Å². The van der Waals surface area contributed by atoms with Gasteiger partial charge in [-0.1, -0.05) is 12.1 Å². The Kier molecular flexibility index (Phi) is 3.48. The van der Waals surface area contributed by atoms with Gasteiger partial charge in [-0.2, -0.15) is 0 Å². The summed E-state index contributed by atoms with van der Waals surface area (Å²) < 4.78 is 5.42. The molecule has 0 saturated heterocycles. The van der Waals surface area contributed by atoms with Gasteiger partial charge in [0.1, 0.15) is 5.76 Å². The van der Waals surface area contributed by atoms with Crippen molar-refractivity contribution in [2.45, 2.75) is 26.9 Å². The number of nitrogens with one attached hydrogen (secondary N) is 1. The summed E-state index contributed by atoms with van der Waals surface area (Å²) >= 11 is 0. The van der Waals surface area contributed by atoms with E-state index in [1.54, 1.807) is 6.20 Å². The van der Waals surface area contributed by atoms with E-state index in [-0.39, 0.29) is 0 Å². The third-order valence-electron chi connectivity index (χ3n) is 3.17. The van der Waals surface area contributed by atoms with Crippen molar-refractivity contribution in [1.29, 1.82) is 0 Å². The van der Waals surface area contributed by atoms with E-state index in [0.717, 1.165) is 29.4 Å². The topological polar surface area (TPSA) is 51.0 Å². The van der Waals surface area contributed by atoms with Gasteiger partial charge in [0.15, 0.2) is 0 Å². The minimum atomic E-state index is 0.637. The highest BCUT2D eigenvalue weighted by molar-refractivity contribution is 5.79.